The molecule has 0 atom stereocenters. The van der Waals surface area contributed by atoms with Gasteiger partial charge in [0.1, 0.15) is 13.1 Å². The van der Waals surface area contributed by atoms with Crippen LogP contribution >= 0.6 is 0 Å². The molecule has 160 valence electrons. The molecule has 2 aromatic rings. The van der Waals surface area contributed by atoms with Crippen LogP contribution in [0.1, 0.15) is 13.8 Å². The highest BCUT2D eigenvalue weighted by molar-refractivity contribution is 7.51. The van der Waals surface area contributed by atoms with Crippen LogP contribution in [0.2, 0.25) is 0 Å². The highest BCUT2D eigenvalue weighted by Crippen LogP contribution is 2.04. The van der Waals surface area contributed by atoms with Crippen molar-refractivity contribution in [3.05, 3.63) is 60.7 Å². The maximum atomic E-state index is 10.9. The summed E-state index contributed by atoms with van der Waals surface area (Å²) in [6.07, 6.45) is 0. The molecule has 0 aromatic heterocycles. The zero-order valence-electron chi connectivity index (χ0n) is 16.5. The normalized spacial score (nSPS) is 8.90. The largest absolute Gasteiger partial charge is 0.465 e. The minimum absolute atomic E-state index is 0.220. The third kappa shape index (κ3) is 15.7. The number of carbonyl (C=O) groups is 2. The molecule has 2 aromatic carbocycles. The minimum Gasteiger partial charge on any atom is -0.465 e. The van der Waals surface area contributed by atoms with E-state index in [4.69, 9.17) is 17.9 Å². The highest BCUT2D eigenvalue weighted by Gasteiger charge is 2.00. The topological polar surface area (TPSA) is 111 Å². The Bertz CT molecular complexity index is 665. The van der Waals surface area contributed by atoms with Gasteiger partial charge >= 0.3 is 11.9 Å². The molecule has 0 radical (unpaired) electrons. The van der Waals surface area contributed by atoms with E-state index in [2.05, 4.69) is 10.6 Å². The molecule has 8 nitrogen and oxygen atoms in total. The zero-order chi connectivity index (χ0) is 21.7. The van der Waals surface area contributed by atoms with Crippen molar-refractivity contribution >= 4 is 34.9 Å². The Balaban J connectivity index is 0.000000477. The van der Waals surface area contributed by atoms with Crippen LogP contribution in [0.5, 0.6) is 0 Å². The second-order valence-electron chi connectivity index (χ2n) is 5.12. The number of para-hydroxylation sites is 2. The molecule has 2 N–H and O–H groups in total. The van der Waals surface area contributed by atoms with E-state index in [0.29, 0.717) is 13.2 Å². The Kier molecular flexibility index (Phi) is 16.4. The van der Waals surface area contributed by atoms with Crippen molar-refractivity contribution < 1.29 is 27.5 Å². The number of benzene rings is 2. The van der Waals surface area contributed by atoms with Crippen molar-refractivity contribution in [3.63, 3.8) is 0 Å². The summed E-state index contributed by atoms with van der Waals surface area (Å²) < 4.78 is 26.2. The first kappa shape index (κ1) is 25.9. The summed E-state index contributed by atoms with van der Waals surface area (Å²) in [6, 6.07) is 19.1. The van der Waals surface area contributed by atoms with Crippen LogP contribution in [-0.2, 0) is 39.1 Å². The van der Waals surface area contributed by atoms with E-state index in [-0.39, 0.29) is 25.0 Å². The minimum atomic E-state index is -1.08. The van der Waals surface area contributed by atoms with Gasteiger partial charge in [-0.3, -0.25) is 9.59 Å². The fourth-order valence-electron chi connectivity index (χ4n) is 1.88. The average Bonchev–Trinajstić information content (AvgIpc) is 2.74. The lowest BCUT2D eigenvalue weighted by Gasteiger charge is -2.04. The van der Waals surface area contributed by atoms with Crippen LogP contribution in [-0.4, -0.2) is 38.2 Å². The summed E-state index contributed by atoms with van der Waals surface area (Å²) in [5, 5.41) is 5.91. The number of rotatable bonds is 8. The molecule has 29 heavy (non-hydrogen) atoms. The van der Waals surface area contributed by atoms with Crippen molar-refractivity contribution in [2.24, 2.45) is 0 Å². The monoisotopic (exact) mass is 423 g/mol. The van der Waals surface area contributed by atoms with Gasteiger partial charge in [0.15, 0.2) is 0 Å². The number of hydrogen-bond donors (Lipinski definition) is 2. The van der Waals surface area contributed by atoms with E-state index < -0.39 is 11.6 Å². The third-order valence-electron chi connectivity index (χ3n) is 3.03. The highest BCUT2D eigenvalue weighted by atomic mass is 32.1. The van der Waals surface area contributed by atoms with Crippen LogP contribution in [0, 0.1) is 0 Å². The second-order valence-corrected chi connectivity index (χ2v) is 5.27. The van der Waals surface area contributed by atoms with Crippen molar-refractivity contribution in [3.8, 4) is 0 Å². The molecular formula is C20H27N2O6S-. The smallest absolute Gasteiger partial charge is 0.325 e. The summed E-state index contributed by atoms with van der Waals surface area (Å²) in [6.45, 7) is 4.88. The van der Waals surface area contributed by atoms with Gasteiger partial charge in [-0.25, -0.2) is 0 Å². The number of anilines is 2. The molecular weight excluding hydrogens is 396 g/mol. The van der Waals surface area contributed by atoms with Gasteiger partial charge in [0.05, 0.1) is 13.2 Å². The summed E-state index contributed by atoms with van der Waals surface area (Å²) in [4.78, 5) is 21.9. The molecule has 0 aliphatic heterocycles. The fraction of sp³-hybridized carbons (Fsp3) is 0.300. The Hall–Kier alpha value is -3.07. The van der Waals surface area contributed by atoms with Gasteiger partial charge in [0.25, 0.3) is 0 Å². The Morgan fingerprint density at radius 1 is 0.724 bits per heavy atom. The van der Waals surface area contributed by atoms with Gasteiger partial charge in [-0.2, -0.15) is 0 Å². The molecule has 0 saturated carbocycles. The van der Waals surface area contributed by atoms with Crippen molar-refractivity contribution in [1.82, 2.24) is 0 Å². The standard InChI is InChI=1S/2C10H13NO2.HO2S/c2*1-2-13-10(12)8-11-9-6-4-3-5-7-9;1-3-2/h2*3-7,11H,2,8H2,1H3;3H/q;;-1. The molecule has 9 heteroatoms. The summed E-state index contributed by atoms with van der Waals surface area (Å²) >= 11 is -1.08. The van der Waals surface area contributed by atoms with Crippen LogP contribution in [0.4, 0.5) is 11.4 Å². The Labute approximate surface area is 174 Å². The van der Waals surface area contributed by atoms with Gasteiger partial charge in [0, 0.05) is 11.4 Å². The first-order valence-corrected chi connectivity index (χ1v) is 9.64. The van der Waals surface area contributed by atoms with E-state index in [9.17, 15) is 9.59 Å². The van der Waals surface area contributed by atoms with Gasteiger partial charge < -0.3 is 28.5 Å². The van der Waals surface area contributed by atoms with E-state index >= 15 is 0 Å². The lowest BCUT2D eigenvalue weighted by molar-refractivity contribution is -0.141. The number of hydrogen-bond acceptors (Lipinski definition) is 9. The van der Waals surface area contributed by atoms with Crippen molar-refractivity contribution in [2.75, 3.05) is 36.9 Å². The van der Waals surface area contributed by atoms with Crippen molar-refractivity contribution in [1.29, 1.82) is 0 Å². The van der Waals surface area contributed by atoms with E-state index in [0.717, 1.165) is 11.4 Å². The number of carbonyl (C=O) groups excluding carboxylic acids is 2. The third-order valence-corrected chi connectivity index (χ3v) is 3.03. The number of thiol groups is 1. The van der Waals surface area contributed by atoms with E-state index in [1.165, 1.54) is 0 Å². The Morgan fingerprint density at radius 2 is 1.03 bits per heavy atom. The van der Waals surface area contributed by atoms with Crippen LogP contribution < -0.4 is 10.6 Å². The quantitative estimate of drug-likeness (QED) is 0.379. The number of nitrogens with one attached hydrogen (secondary N) is 2. The molecule has 0 aliphatic carbocycles. The van der Waals surface area contributed by atoms with Gasteiger partial charge in [-0.15, -0.1) is 0 Å². The molecule has 0 bridgehead atoms. The molecule has 2 rings (SSSR count). The van der Waals surface area contributed by atoms with Gasteiger partial charge in [0.2, 0.25) is 0 Å². The first-order chi connectivity index (χ1) is 14.1. The van der Waals surface area contributed by atoms with Crippen LogP contribution in [0.15, 0.2) is 60.7 Å². The predicted octanol–water partition coefficient (Wildman–Crippen LogP) is 2.82. The molecule has 0 saturated heterocycles. The van der Waals surface area contributed by atoms with E-state index in [1.54, 1.807) is 13.8 Å². The molecule has 0 fully saturated rings. The first-order valence-electron chi connectivity index (χ1n) is 8.91. The van der Waals surface area contributed by atoms with Crippen LogP contribution in [0.3, 0.4) is 0 Å². The Morgan fingerprint density at radius 3 is 1.31 bits per heavy atom. The lowest BCUT2D eigenvalue weighted by Crippen LogP contribution is -2.16. The fourth-order valence-corrected chi connectivity index (χ4v) is 1.88. The predicted molar refractivity (Wildman–Crippen MR) is 113 cm³/mol. The zero-order valence-corrected chi connectivity index (χ0v) is 17.4. The number of esters is 2. The second kappa shape index (κ2) is 18.3. The molecule has 0 amide bonds. The lowest BCUT2D eigenvalue weighted by atomic mass is 10.3. The maximum absolute atomic E-state index is 10.9. The summed E-state index contributed by atoms with van der Waals surface area (Å²) in [5.74, 6) is -0.460. The summed E-state index contributed by atoms with van der Waals surface area (Å²) in [7, 11) is 0. The van der Waals surface area contributed by atoms with Crippen LogP contribution in [0.25, 0.3) is 0 Å². The number of ether oxygens (including phenoxy) is 2. The maximum Gasteiger partial charge on any atom is 0.325 e. The SMILES string of the molecule is CCOC(=O)CNc1ccccc1.CCOC(=O)CNc1ccccc1.O=[SH-]=O. The average molecular weight is 424 g/mol. The van der Waals surface area contributed by atoms with Gasteiger partial charge in [-0.1, -0.05) is 48.0 Å². The van der Waals surface area contributed by atoms with E-state index in [1.807, 2.05) is 60.7 Å². The molecule has 0 heterocycles. The molecule has 0 unspecified atom stereocenters. The van der Waals surface area contributed by atoms with Crippen molar-refractivity contribution in [2.45, 2.75) is 13.8 Å². The summed E-state index contributed by atoms with van der Waals surface area (Å²) in [5.41, 5.74) is 1.85. The van der Waals surface area contributed by atoms with Gasteiger partial charge in [-0.05, 0) is 38.1 Å². The molecule has 0 aliphatic rings. The molecule has 0 spiro atoms.